The number of rotatable bonds is 6. The summed E-state index contributed by atoms with van der Waals surface area (Å²) in [5.74, 6) is -2.77. The molecule has 2 aliphatic rings. The maximum absolute atomic E-state index is 12.5. The molecule has 0 radical (unpaired) electrons. The molecular formula is C18H21NO4. The summed E-state index contributed by atoms with van der Waals surface area (Å²) >= 11 is 0. The van der Waals surface area contributed by atoms with Gasteiger partial charge in [-0.1, -0.05) is 37.6 Å². The average Bonchev–Trinajstić information content (AvgIpc) is 3.15. The fraction of sp³-hybridized carbons (Fsp3) is 0.444. The molecule has 3 rings (SSSR count). The first-order valence-electron chi connectivity index (χ1n) is 8.06. The number of amides is 1. The predicted octanol–water partition coefficient (Wildman–Crippen LogP) is 2.62. The Morgan fingerprint density at radius 3 is 2.39 bits per heavy atom. The number of ether oxygens (including phenoxy) is 1. The number of aliphatic carboxylic acids is 1. The normalized spacial score (nSPS) is 28.0. The summed E-state index contributed by atoms with van der Waals surface area (Å²) in [5, 5.41) is 12.2. The highest BCUT2D eigenvalue weighted by atomic mass is 16.5. The van der Waals surface area contributed by atoms with E-state index in [1.165, 1.54) is 5.56 Å². The molecule has 1 fully saturated rings. The zero-order valence-corrected chi connectivity index (χ0v) is 13.1. The van der Waals surface area contributed by atoms with Crippen molar-refractivity contribution in [1.82, 2.24) is 0 Å². The van der Waals surface area contributed by atoms with Crippen molar-refractivity contribution in [1.29, 1.82) is 0 Å². The van der Waals surface area contributed by atoms with Crippen molar-refractivity contribution in [2.24, 2.45) is 11.8 Å². The zero-order valence-electron chi connectivity index (χ0n) is 13.1. The third-order valence-corrected chi connectivity index (χ3v) is 4.53. The van der Waals surface area contributed by atoms with Gasteiger partial charge in [0.1, 0.15) is 5.92 Å². The van der Waals surface area contributed by atoms with Gasteiger partial charge < -0.3 is 15.2 Å². The maximum Gasteiger partial charge on any atom is 0.310 e. The topological polar surface area (TPSA) is 75.6 Å². The first-order valence-corrected chi connectivity index (χ1v) is 8.06. The lowest BCUT2D eigenvalue weighted by Crippen LogP contribution is -2.39. The number of carboxylic acid groups (broad SMARTS) is 1. The number of anilines is 1. The SMILES string of the molecule is CCCCc1ccc(NC(=O)[C@@H]2[C@H](C(=O)O)[C@H]3C=C[C@H]2O3)cc1. The maximum atomic E-state index is 12.5. The molecule has 0 unspecified atom stereocenters. The van der Waals surface area contributed by atoms with Gasteiger partial charge in [0, 0.05) is 5.69 Å². The second-order valence-electron chi connectivity index (χ2n) is 6.13. The summed E-state index contributed by atoms with van der Waals surface area (Å²) in [6, 6.07) is 7.72. The molecule has 5 nitrogen and oxygen atoms in total. The molecule has 1 saturated heterocycles. The molecular weight excluding hydrogens is 294 g/mol. The Bertz CT molecular complexity index is 622. The number of hydrogen-bond acceptors (Lipinski definition) is 3. The standard InChI is InChI=1S/C18H21NO4/c1-2-3-4-11-5-7-12(8-6-11)19-17(20)15-13-9-10-14(23-13)16(15)18(21)22/h5-10,13-16H,2-4H2,1H3,(H,19,20)(H,21,22)/t13-,14-,15+,16-/m1/s1. The van der Waals surface area contributed by atoms with Gasteiger partial charge >= 0.3 is 5.97 Å². The van der Waals surface area contributed by atoms with Gasteiger partial charge in [-0.2, -0.15) is 0 Å². The minimum Gasteiger partial charge on any atom is -0.481 e. The van der Waals surface area contributed by atoms with E-state index in [1.807, 2.05) is 24.3 Å². The van der Waals surface area contributed by atoms with Crippen molar-refractivity contribution >= 4 is 17.6 Å². The molecule has 23 heavy (non-hydrogen) atoms. The van der Waals surface area contributed by atoms with Crippen LogP contribution in [0.25, 0.3) is 0 Å². The van der Waals surface area contributed by atoms with E-state index in [0.717, 1.165) is 19.3 Å². The van der Waals surface area contributed by atoms with Gasteiger partial charge in [0.2, 0.25) is 5.91 Å². The van der Waals surface area contributed by atoms with Gasteiger partial charge in [-0.25, -0.2) is 0 Å². The number of hydrogen-bond donors (Lipinski definition) is 2. The third-order valence-electron chi connectivity index (χ3n) is 4.53. The van der Waals surface area contributed by atoms with Crippen molar-refractivity contribution in [2.45, 2.75) is 38.4 Å². The van der Waals surface area contributed by atoms with Crippen LogP contribution in [0.1, 0.15) is 25.3 Å². The van der Waals surface area contributed by atoms with Crippen molar-refractivity contribution in [3.63, 3.8) is 0 Å². The van der Waals surface area contributed by atoms with Gasteiger partial charge in [0.15, 0.2) is 0 Å². The van der Waals surface area contributed by atoms with Crippen molar-refractivity contribution in [2.75, 3.05) is 5.32 Å². The fourth-order valence-electron chi connectivity index (χ4n) is 3.28. The number of carbonyl (C=O) groups is 2. The van der Waals surface area contributed by atoms with Crippen molar-refractivity contribution in [3.05, 3.63) is 42.0 Å². The Balaban J connectivity index is 1.67. The van der Waals surface area contributed by atoms with Crippen LogP contribution in [-0.4, -0.2) is 29.2 Å². The number of benzene rings is 1. The van der Waals surface area contributed by atoms with Gasteiger partial charge in [0.05, 0.1) is 18.1 Å². The Labute approximate surface area is 135 Å². The molecule has 0 saturated carbocycles. The van der Waals surface area contributed by atoms with E-state index in [4.69, 9.17) is 4.74 Å². The van der Waals surface area contributed by atoms with Crippen LogP contribution in [0, 0.1) is 11.8 Å². The van der Waals surface area contributed by atoms with Gasteiger partial charge in [-0.05, 0) is 30.5 Å². The Hall–Kier alpha value is -2.14. The van der Waals surface area contributed by atoms with Gasteiger partial charge in [-0.15, -0.1) is 0 Å². The van der Waals surface area contributed by atoms with Crippen LogP contribution in [0.2, 0.25) is 0 Å². The van der Waals surface area contributed by atoms with E-state index in [1.54, 1.807) is 12.2 Å². The van der Waals surface area contributed by atoms with Crippen LogP contribution in [0.4, 0.5) is 5.69 Å². The average molecular weight is 315 g/mol. The molecule has 5 heteroatoms. The molecule has 0 aromatic heterocycles. The number of nitrogens with one attached hydrogen (secondary N) is 1. The lowest BCUT2D eigenvalue weighted by atomic mass is 9.82. The lowest BCUT2D eigenvalue weighted by molar-refractivity contribution is -0.145. The second kappa shape index (κ2) is 6.54. The molecule has 2 bridgehead atoms. The minimum absolute atomic E-state index is 0.296. The van der Waals surface area contributed by atoms with Gasteiger partial charge in [0.25, 0.3) is 0 Å². The third kappa shape index (κ3) is 3.15. The molecule has 0 spiro atoms. The minimum atomic E-state index is -0.989. The zero-order chi connectivity index (χ0) is 16.4. The van der Waals surface area contributed by atoms with Crippen LogP contribution in [0.3, 0.4) is 0 Å². The monoisotopic (exact) mass is 315 g/mol. The highest BCUT2D eigenvalue weighted by Crippen LogP contribution is 2.39. The summed E-state index contributed by atoms with van der Waals surface area (Å²) < 4.78 is 5.53. The fourth-order valence-corrected chi connectivity index (χ4v) is 3.28. The molecule has 1 aromatic carbocycles. The van der Waals surface area contributed by atoms with E-state index >= 15 is 0 Å². The summed E-state index contributed by atoms with van der Waals surface area (Å²) in [6.45, 7) is 2.15. The molecule has 4 atom stereocenters. The number of carboxylic acids is 1. The van der Waals surface area contributed by atoms with E-state index in [0.29, 0.717) is 5.69 Å². The molecule has 122 valence electrons. The molecule has 2 heterocycles. The summed E-state index contributed by atoms with van der Waals surface area (Å²) in [6.07, 6.45) is 5.89. The second-order valence-corrected chi connectivity index (χ2v) is 6.13. The Morgan fingerprint density at radius 1 is 1.13 bits per heavy atom. The van der Waals surface area contributed by atoms with E-state index in [2.05, 4.69) is 12.2 Å². The summed E-state index contributed by atoms with van der Waals surface area (Å²) in [7, 11) is 0. The summed E-state index contributed by atoms with van der Waals surface area (Å²) in [5.41, 5.74) is 1.92. The quantitative estimate of drug-likeness (QED) is 0.791. The molecule has 1 amide bonds. The van der Waals surface area contributed by atoms with Gasteiger partial charge in [-0.3, -0.25) is 9.59 Å². The van der Waals surface area contributed by atoms with E-state index < -0.39 is 30.0 Å². The molecule has 0 aliphatic carbocycles. The van der Waals surface area contributed by atoms with Crippen LogP contribution in [0.5, 0.6) is 0 Å². The molecule has 2 aliphatic heterocycles. The number of unbranched alkanes of at least 4 members (excludes halogenated alkanes) is 1. The van der Waals surface area contributed by atoms with Crippen LogP contribution in [-0.2, 0) is 20.7 Å². The van der Waals surface area contributed by atoms with E-state index in [-0.39, 0.29) is 5.91 Å². The predicted molar refractivity (Wildman–Crippen MR) is 86.1 cm³/mol. The Morgan fingerprint density at radius 2 is 1.78 bits per heavy atom. The van der Waals surface area contributed by atoms with Crippen molar-refractivity contribution < 1.29 is 19.4 Å². The first kappa shape index (κ1) is 15.7. The van der Waals surface area contributed by atoms with Crippen molar-refractivity contribution in [3.8, 4) is 0 Å². The number of fused-ring (bicyclic) bond motifs is 2. The van der Waals surface area contributed by atoms with Crippen LogP contribution >= 0.6 is 0 Å². The lowest BCUT2D eigenvalue weighted by Gasteiger charge is -2.21. The summed E-state index contributed by atoms with van der Waals surface area (Å²) in [4.78, 5) is 23.9. The van der Waals surface area contributed by atoms with Crippen LogP contribution in [0.15, 0.2) is 36.4 Å². The highest BCUT2D eigenvalue weighted by Gasteiger charge is 2.53. The number of carbonyl (C=O) groups excluding carboxylic acids is 1. The highest BCUT2D eigenvalue weighted by molar-refractivity contribution is 5.96. The van der Waals surface area contributed by atoms with E-state index in [9.17, 15) is 14.7 Å². The largest absolute Gasteiger partial charge is 0.481 e. The Kier molecular flexibility index (Phi) is 4.48. The molecule has 2 N–H and O–H groups in total. The van der Waals surface area contributed by atoms with Crippen LogP contribution < -0.4 is 5.32 Å². The first-order chi connectivity index (χ1) is 11.1. The molecule has 1 aromatic rings. The number of aryl methyl sites for hydroxylation is 1. The smallest absolute Gasteiger partial charge is 0.310 e.